The lowest BCUT2D eigenvalue weighted by molar-refractivity contribution is -0.189. The van der Waals surface area contributed by atoms with E-state index >= 15 is 0 Å². The fourth-order valence-electron chi connectivity index (χ4n) is 3.46. The van der Waals surface area contributed by atoms with Crippen LogP contribution in [0.3, 0.4) is 0 Å². The number of nitriles is 1. The first kappa shape index (κ1) is 20.9. The number of rotatable bonds is 5. The quantitative estimate of drug-likeness (QED) is 0.656. The Morgan fingerprint density at radius 3 is 2.81 bits per heavy atom. The van der Waals surface area contributed by atoms with E-state index in [2.05, 4.69) is 26.5 Å². The molecule has 31 heavy (non-hydrogen) atoms. The van der Waals surface area contributed by atoms with E-state index in [9.17, 15) is 18.4 Å². The summed E-state index contributed by atoms with van der Waals surface area (Å²) in [5, 5.41) is 17.1. The molecule has 3 aromatic heterocycles. The second kappa shape index (κ2) is 7.73. The van der Waals surface area contributed by atoms with Gasteiger partial charge in [-0.1, -0.05) is 6.92 Å². The molecule has 0 saturated carbocycles. The summed E-state index contributed by atoms with van der Waals surface area (Å²) < 4.78 is 52.4. The lowest BCUT2D eigenvalue weighted by atomic mass is 10.1. The average molecular weight is 435 g/mol. The molecule has 0 aliphatic carbocycles. The number of nitrogens with zero attached hydrogens (tertiary/aromatic N) is 6. The highest BCUT2D eigenvalue weighted by Crippen LogP contribution is 2.33. The van der Waals surface area contributed by atoms with Gasteiger partial charge in [-0.15, -0.1) is 5.10 Å². The van der Waals surface area contributed by atoms with Gasteiger partial charge in [0.25, 0.3) is 5.88 Å². The van der Waals surface area contributed by atoms with Gasteiger partial charge in [-0.05, 0) is 13.0 Å². The number of fused-ring (bicyclic) bond motifs is 1. The van der Waals surface area contributed by atoms with Gasteiger partial charge < -0.3 is 19.4 Å². The van der Waals surface area contributed by atoms with E-state index in [-0.39, 0.29) is 29.5 Å². The summed E-state index contributed by atoms with van der Waals surface area (Å²) in [6.45, 7) is 3.98. The molecule has 3 aromatic rings. The highest BCUT2D eigenvalue weighted by atomic mass is 19.4. The van der Waals surface area contributed by atoms with Crippen molar-refractivity contribution < 1.29 is 22.6 Å². The molecule has 0 unspecified atom stereocenters. The van der Waals surface area contributed by atoms with Gasteiger partial charge in [0.05, 0.1) is 25.5 Å². The summed E-state index contributed by atoms with van der Waals surface area (Å²) >= 11 is 0. The van der Waals surface area contributed by atoms with Gasteiger partial charge in [0.1, 0.15) is 23.1 Å². The summed E-state index contributed by atoms with van der Waals surface area (Å²) in [6, 6.07) is 3.83. The van der Waals surface area contributed by atoms with Crippen molar-refractivity contribution in [3.05, 3.63) is 24.2 Å². The van der Waals surface area contributed by atoms with E-state index in [1.807, 2.05) is 11.5 Å². The number of ether oxygens (including phenoxy) is 2. The minimum atomic E-state index is -4.53. The predicted octanol–water partition coefficient (Wildman–Crippen LogP) is 3.32. The summed E-state index contributed by atoms with van der Waals surface area (Å²) in [6.07, 6.45) is -3.54. The Bertz CT molecular complexity index is 1150. The Hall–Kier alpha value is -3.33. The first-order chi connectivity index (χ1) is 14.7. The van der Waals surface area contributed by atoms with E-state index in [0.29, 0.717) is 29.9 Å². The van der Waals surface area contributed by atoms with Crippen molar-refractivity contribution in [1.29, 1.82) is 5.26 Å². The van der Waals surface area contributed by atoms with Gasteiger partial charge in [-0.2, -0.15) is 23.4 Å². The highest BCUT2D eigenvalue weighted by molar-refractivity contribution is 5.79. The van der Waals surface area contributed by atoms with Crippen LogP contribution in [0.15, 0.2) is 18.5 Å². The van der Waals surface area contributed by atoms with Gasteiger partial charge in [-0.25, -0.2) is 4.98 Å². The smallest absolute Gasteiger partial charge is 0.425 e. The molecule has 1 fully saturated rings. The van der Waals surface area contributed by atoms with E-state index < -0.39 is 12.3 Å². The van der Waals surface area contributed by atoms with Crippen molar-refractivity contribution in [2.75, 3.05) is 18.5 Å². The van der Waals surface area contributed by atoms with Crippen molar-refractivity contribution >= 4 is 22.7 Å². The van der Waals surface area contributed by atoms with E-state index in [0.717, 1.165) is 6.92 Å². The molecule has 1 N–H and O–H groups in total. The SMILES string of the molecule is C[C@H](Oc1nn(C)cc1Nc1ncc2cc(C#N)n([C@H]3COC[C@@H]3C)c2n1)C(F)(F)F. The maximum atomic E-state index is 12.9. The van der Waals surface area contributed by atoms with Crippen LogP contribution in [0.5, 0.6) is 5.88 Å². The van der Waals surface area contributed by atoms with Crippen LogP contribution in [0.1, 0.15) is 25.6 Å². The van der Waals surface area contributed by atoms with Crippen molar-refractivity contribution in [2.24, 2.45) is 13.0 Å². The largest absolute Gasteiger partial charge is 0.462 e. The fraction of sp³-hybridized carbons (Fsp3) is 0.474. The van der Waals surface area contributed by atoms with Crippen LogP contribution in [0.4, 0.5) is 24.8 Å². The Morgan fingerprint density at radius 1 is 1.39 bits per heavy atom. The summed E-state index contributed by atoms with van der Waals surface area (Å²) in [5.41, 5.74) is 1.16. The molecule has 0 aromatic carbocycles. The number of nitrogens with one attached hydrogen (secondary N) is 1. The number of aromatic nitrogens is 5. The average Bonchev–Trinajstić information content (AvgIpc) is 3.37. The Morgan fingerprint density at radius 2 is 2.16 bits per heavy atom. The summed E-state index contributed by atoms with van der Waals surface area (Å²) in [7, 11) is 1.56. The minimum Gasteiger partial charge on any atom is -0.462 e. The predicted molar refractivity (Wildman–Crippen MR) is 104 cm³/mol. The zero-order chi connectivity index (χ0) is 22.3. The topological polar surface area (TPSA) is 103 Å². The molecular formula is C19H20F3N7O2. The highest BCUT2D eigenvalue weighted by Gasteiger charge is 2.39. The van der Waals surface area contributed by atoms with Gasteiger partial charge in [0.2, 0.25) is 5.95 Å². The molecule has 1 aliphatic rings. The van der Waals surface area contributed by atoms with Crippen LogP contribution in [0.25, 0.3) is 11.0 Å². The third kappa shape index (κ3) is 4.00. The van der Waals surface area contributed by atoms with Crippen LogP contribution in [-0.2, 0) is 11.8 Å². The Balaban J connectivity index is 1.68. The Labute approximate surface area is 175 Å². The van der Waals surface area contributed by atoms with Crippen LogP contribution in [0.2, 0.25) is 0 Å². The maximum Gasteiger partial charge on any atom is 0.425 e. The normalized spacial score (nSPS) is 20.0. The van der Waals surface area contributed by atoms with Gasteiger partial charge in [0, 0.05) is 24.5 Å². The maximum absolute atomic E-state index is 12.9. The molecule has 0 spiro atoms. The molecule has 12 heteroatoms. The van der Waals surface area contributed by atoms with Crippen LogP contribution in [-0.4, -0.2) is 49.8 Å². The van der Waals surface area contributed by atoms with Crippen LogP contribution < -0.4 is 10.1 Å². The van der Waals surface area contributed by atoms with E-state index in [1.54, 1.807) is 19.3 Å². The summed E-state index contributed by atoms with van der Waals surface area (Å²) in [5.74, 6) is 0.110. The molecule has 3 atom stereocenters. The minimum absolute atomic E-state index is 0.0557. The molecule has 4 rings (SSSR count). The van der Waals surface area contributed by atoms with Crippen molar-refractivity contribution in [2.45, 2.75) is 32.2 Å². The molecule has 0 radical (unpaired) electrons. The van der Waals surface area contributed by atoms with Gasteiger partial charge >= 0.3 is 6.18 Å². The zero-order valence-corrected chi connectivity index (χ0v) is 17.0. The first-order valence-electron chi connectivity index (χ1n) is 9.57. The third-order valence-electron chi connectivity index (χ3n) is 5.14. The van der Waals surface area contributed by atoms with Crippen molar-refractivity contribution in [3.8, 4) is 11.9 Å². The first-order valence-corrected chi connectivity index (χ1v) is 9.57. The third-order valence-corrected chi connectivity index (χ3v) is 5.14. The van der Waals surface area contributed by atoms with E-state index in [1.165, 1.54) is 10.9 Å². The zero-order valence-electron chi connectivity index (χ0n) is 17.0. The second-order valence-corrected chi connectivity index (χ2v) is 7.51. The van der Waals surface area contributed by atoms with Gasteiger partial charge in [0.15, 0.2) is 6.10 Å². The van der Waals surface area contributed by atoms with Gasteiger partial charge in [-0.3, -0.25) is 4.68 Å². The molecule has 1 aliphatic heterocycles. The molecule has 0 amide bonds. The molecule has 0 bridgehead atoms. The molecule has 9 nitrogen and oxygen atoms in total. The number of anilines is 2. The molecule has 4 heterocycles. The summed E-state index contributed by atoms with van der Waals surface area (Å²) in [4.78, 5) is 8.74. The van der Waals surface area contributed by atoms with Crippen LogP contribution >= 0.6 is 0 Å². The lowest BCUT2D eigenvalue weighted by Crippen LogP contribution is -2.31. The monoisotopic (exact) mass is 435 g/mol. The van der Waals surface area contributed by atoms with Crippen molar-refractivity contribution in [3.63, 3.8) is 0 Å². The number of hydrogen-bond acceptors (Lipinski definition) is 7. The molecule has 164 valence electrons. The number of alkyl halides is 3. The number of aryl methyl sites for hydroxylation is 1. The number of halogens is 3. The van der Waals surface area contributed by atoms with E-state index in [4.69, 9.17) is 9.47 Å². The fourth-order valence-corrected chi connectivity index (χ4v) is 3.46. The second-order valence-electron chi connectivity index (χ2n) is 7.51. The van der Waals surface area contributed by atoms with Crippen LogP contribution in [0, 0.1) is 17.2 Å². The lowest BCUT2D eigenvalue weighted by Gasteiger charge is -2.18. The molecule has 1 saturated heterocycles. The Kier molecular flexibility index (Phi) is 5.22. The van der Waals surface area contributed by atoms with Crippen molar-refractivity contribution in [1.82, 2.24) is 24.3 Å². The number of hydrogen-bond donors (Lipinski definition) is 1. The molecular weight excluding hydrogens is 415 g/mol. The standard InChI is InChI=1S/C19H20F3N7O2/c1-10-8-30-9-15(10)29-13(5-23)4-12-6-24-18(26-16(12)29)25-14-7-28(3)27-17(14)31-11(2)19(20,21)22/h4,6-7,10-11,15H,8-9H2,1-3H3,(H,24,25,26)/t10-,11-,15-/m0/s1.